The van der Waals surface area contributed by atoms with E-state index in [0.29, 0.717) is 22.3 Å². The maximum atomic E-state index is 13.6. The third-order valence-electron chi connectivity index (χ3n) is 4.54. The smallest absolute Gasteiger partial charge is 0.319 e. The maximum Gasteiger partial charge on any atom is 0.319 e. The topological polar surface area (TPSA) is 126 Å². The summed E-state index contributed by atoms with van der Waals surface area (Å²) in [5.74, 6) is -1.66. The van der Waals surface area contributed by atoms with Crippen molar-refractivity contribution >= 4 is 34.6 Å². The lowest BCUT2D eigenvalue weighted by Gasteiger charge is -2.10. The number of amides is 3. The average molecular weight is 437 g/mol. The van der Waals surface area contributed by atoms with Gasteiger partial charge < -0.3 is 21.7 Å². The van der Waals surface area contributed by atoms with E-state index in [0.717, 1.165) is 18.2 Å². The Morgan fingerprint density at radius 1 is 1.06 bits per heavy atom. The number of hydrogen-bond donors (Lipinski definition) is 4. The number of halogens is 2. The van der Waals surface area contributed by atoms with Crippen LogP contribution >= 0.6 is 0 Å². The molecule has 3 amide bonds. The maximum absolute atomic E-state index is 13.6. The SMILES string of the molecule is Nc1ncnn2ccc(C(=O)Nc3cccc(CNC(=O)Nc4cc(F)ccc4F)c3)c12. The largest absolute Gasteiger partial charge is 0.382 e. The Bertz CT molecular complexity index is 1320. The van der Waals surface area contributed by atoms with E-state index < -0.39 is 23.6 Å². The van der Waals surface area contributed by atoms with Crippen LogP contribution in [0.1, 0.15) is 15.9 Å². The molecular formula is C21H17F2N7O2. The van der Waals surface area contributed by atoms with Gasteiger partial charge in [-0.15, -0.1) is 0 Å². The van der Waals surface area contributed by atoms with Gasteiger partial charge in [-0.1, -0.05) is 12.1 Å². The van der Waals surface area contributed by atoms with Crippen LogP contribution in [0.5, 0.6) is 0 Å². The number of aromatic nitrogens is 3. The number of anilines is 3. The van der Waals surface area contributed by atoms with E-state index in [1.165, 1.54) is 10.8 Å². The number of nitrogens with two attached hydrogens (primary N) is 1. The number of fused-ring (bicyclic) bond motifs is 1. The molecule has 0 atom stereocenters. The highest BCUT2D eigenvalue weighted by atomic mass is 19.1. The highest BCUT2D eigenvalue weighted by molar-refractivity contribution is 6.10. The minimum absolute atomic E-state index is 0.0857. The highest BCUT2D eigenvalue weighted by Gasteiger charge is 2.15. The molecule has 0 bridgehead atoms. The van der Waals surface area contributed by atoms with Crippen molar-refractivity contribution in [3.05, 3.63) is 83.8 Å². The molecular weight excluding hydrogens is 420 g/mol. The first kappa shape index (κ1) is 20.7. The van der Waals surface area contributed by atoms with Crippen molar-refractivity contribution in [2.75, 3.05) is 16.4 Å². The number of rotatable bonds is 5. The van der Waals surface area contributed by atoms with Crippen LogP contribution in [-0.2, 0) is 6.54 Å². The van der Waals surface area contributed by atoms with Crippen LogP contribution in [0.2, 0.25) is 0 Å². The molecule has 0 saturated carbocycles. The number of nitrogens with one attached hydrogen (secondary N) is 3. The molecule has 5 N–H and O–H groups in total. The molecule has 32 heavy (non-hydrogen) atoms. The second kappa shape index (κ2) is 8.68. The van der Waals surface area contributed by atoms with Gasteiger partial charge in [0.1, 0.15) is 23.5 Å². The van der Waals surface area contributed by atoms with Crippen LogP contribution in [0.4, 0.5) is 30.8 Å². The molecule has 4 rings (SSSR count). The van der Waals surface area contributed by atoms with Gasteiger partial charge in [0.2, 0.25) is 0 Å². The van der Waals surface area contributed by atoms with E-state index in [2.05, 4.69) is 26.0 Å². The Balaban J connectivity index is 1.40. The first-order valence-electron chi connectivity index (χ1n) is 9.39. The van der Waals surface area contributed by atoms with E-state index in [9.17, 15) is 18.4 Å². The second-order valence-corrected chi connectivity index (χ2v) is 6.75. The summed E-state index contributed by atoms with van der Waals surface area (Å²) in [7, 11) is 0. The van der Waals surface area contributed by atoms with Gasteiger partial charge in [0.05, 0.1) is 11.3 Å². The molecule has 4 aromatic rings. The molecule has 0 aliphatic rings. The van der Waals surface area contributed by atoms with Crippen molar-refractivity contribution in [3.8, 4) is 0 Å². The Morgan fingerprint density at radius 3 is 2.75 bits per heavy atom. The molecule has 0 spiro atoms. The summed E-state index contributed by atoms with van der Waals surface area (Å²) in [6.07, 6.45) is 2.89. The average Bonchev–Trinajstić information content (AvgIpc) is 3.21. The van der Waals surface area contributed by atoms with E-state index in [4.69, 9.17) is 5.73 Å². The summed E-state index contributed by atoms with van der Waals surface area (Å²) in [4.78, 5) is 28.6. The number of hydrogen-bond acceptors (Lipinski definition) is 5. The number of benzene rings is 2. The monoisotopic (exact) mass is 437 g/mol. The normalized spacial score (nSPS) is 10.7. The predicted molar refractivity (Wildman–Crippen MR) is 114 cm³/mol. The summed E-state index contributed by atoms with van der Waals surface area (Å²) in [6, 6.07) is 10.4. The van der Waals surface area contributed by atoms with Gasteiger partial charge in [-0.05, 0) is 35.9 Å². The Morgan fingerprint density at radius 2 is 1.91 bits per heavy atom. The molecule has 11 heteroatoms. The standard InChI is InChI=1S/C21H17F2N7O2/c22-13-4-5-16(23)17(9-13)29-21(32)25-10-12-2-1-3-14(8-12)28-20(31)15-6-7-30-18(15)19(24)26-11-27-30/h1-9,11H,10H2,(H,28,31)(H2,24,26,27)(H2,25,29,32). The van der Waals surface area contributed by atoms with Gasteiger partial charge in [0.15, 0.2) is 5.82 Å². The minimum atomic E-state index is -0.754. The minimum Gasteiger partial charge on any atom is -0.382 e. The number of nitrogen functional groups attached to an aromatic ring is 1. The van der Waals surface area contributed by atoms with Crippen molar-refractivity contribution in [1.29, 1.82) is 0 Å². The number of nitrogens with zero attached hydrogens (tertiary/aromatic N) is 3. The summed E-state index contributed by atoms with van der Waals surface area (Å²) >= 11 is 0. The first-order valence-corrected chi connectivity index (χ1v) is 9.39. The molecule has 0 unspecified atom stereocenters. The van der Waals surface area contributed by atoms with Gasteiger partial charge in [0, 0.05) is 24.5 Å². The van der Waals surface area contributed by atoms with Gasteiger partial charge in [0.25, 0.3) is 5.91 Å². The number of carbonyl (C=O) groups is 2. The summed E-state index contributed by atoms with van der Waals surface area (Å²) in [5.41, 5.74) is 7.44. The Hall–Kier alpha value is -4.54. The molecule has 2 aromatic carbocycles. The van der Waals surface area contributed by atoms with Crippen molar-refractivity contribution in [2.24, 2.45) is 0 Å². The molecule has 0 fully saturated rings. The third-order valence-corrected chi connectivity index (χ3v) is 4.54. The van der Waals surface area contributed by atoms with E-state index in [1.807, 2.05) is 0 Å². The highest BCUT2D eigenvalue weighted by Crippen LogP contribution is 2.19. The van der Waals surface area contributed by atoms with Crippen LogP contribution in [-0.4, -0.2) is 26.5 Å². The lowest BCUT2D eigenvalue weighted by molar-refractivity contribution is 0.102. The van der Waals surface area contributed by atoms with Gasteiger partial charge in [-0.3, -0.25) is 4.79 Å². The van der Waals surface area contributed by atoms with Crippen LogP contribution in [0.3, 0.4) is 0 Å². The van der Waals surface area contributed by atoms with Crippen molar-refractivity contribution in [1.82, 2.24) is 19.9 Å². The molecule has 0 saturated heterocycles. The van der Waals surface area contributed by atoms with Crippen molar-refractivity contribution < 1.29 is 18.4 Å². The van der Waals surface area contributed by atoms with E-state index >= 15 is 0 Å². The predicted octanol–water partition coefficient (Wildman–Crippen LogP) is 3.16. The third kappa shape index (κ3) is 4.46. The zero-order chi connectivity index (χ0) is 22.7. The lowest BCUT2D eigenvalue weighted by Crippen LogP contribution is -2.28. The van der Waals surface area contributed by atoms with Gasteiger partial charge in [-0.2, -0.15) is 5.10 Å². The van der Waals surface area contributed by atoms with Gasteiger partial charge in [-0.25, -0.2) is 23.1 Å². The van der Waals surface area contributed by atoms with Crippen LogP contribution in [0, 0.1) is 11.6 Å². The molecule has 0 radical (unpaired) electrons. The summed E-state index contributed by atoms with van der Waals surface area (Å²) in [5, 5.41) is 11.6. The molecule has 2 heterocycles. The molecule has 9 nitrogen and oxygen atoms in total. The zero-order valence-corrected chi connectivity index (χ0v) is 16.5. The van der Waals surface area contributed by atoms with E-state index in [-0.39, 0.29) is 18.1 Å². The van der Waals surface area contributed by atoms with Crippen LogP contribution in [0.25, 0.3) is 5.52 Å². The molecule has 162 valence electrons. The zero-order valence-electron chi connectivity index (χ0n) is 16.5. The fourth-order valence-corrected chi connectivity index (χ4v) is 3.06. The fraction of sp³-hybridized carbons (Fsp3) is 0.0476. The molecule has 2 aromatic heterocycles. The van der Waals surface area contributed by atoms with Crippen LogP contribution < -0.4 is 21.7 Å². The molecule has 0 aliphatic heterocycles. The summed E-state index contributed by atoms with van der Waals surface area (Å²) in [6.45, 7) is 0.0857. The Kier molecular flexibility index (Phi) is 5.62. The second-order valence-electron chi connectivity index (χ2n) is 6.75. The lowest BCUT2D eigenvalue weighted by atomic mass is 10.2. The quantitative estimate of drug-likeness (QED) is 0.382. The Labute approximate surface area is 180 Å². The van der Waals surface area contributed by atoms with Crippen LogP contribution in [0.15, 0.2) is 61.1 Å². The van der Waals surface area contributed by atoms with Gasteiger partial charge >= 0.3 is 6.03 Å². The van der Waals surface area contributed by atoms with Crippen molar-refractivity contribution in [2.45, 2.75) is 6.54 Å². The first-order chi connectivity index (χ1) is 15.4. The van der Waals surface area contributed by atoms with E-state index in [1.54, 1.807) is 36.5 Å². The fourth-order valence-electron chi connectivity index (χ4n) is 3.06. The van der Waals surface area contributed by atoms with Crippen molar-refractivity contribution in [3.63, 3.8) is 0 Å². The number of carbonyl (C=O) groups excluding carboxylic acids is 2. The summed E-state index contributed by atoms with van der Waals surface area (Å²) < 4.78 is 28.3. The number of urea groups is 1. The molecule has 0 aliphatic carbocycles.